The van der Waals surface area contributed by atoms with Gasteiger partial charge in [-0.2, -0.15) is 0 Å². The van der Waals surface area contributed by atoms with Gasteiger partial charge in [-0.15, -0.1) is 0 Å². The monoisotopic (exact) mass is 234 g/mol. The van der Waals surface area contributed by atoms with Crippen molar-refractivity contribution in [3.05, 3.63) is 10.0 Å². The third kappa shape index (κ3) is 2.43. The number of anilines is 1. The predicted molar refractivity (Wildman–Crippen MR) is 57.5 cm³/mol. The molecule has 0 aliphatic carbocycles. The molecule has 0 amide bonds. The van der Waals surface area contributed by atoms with Crippen molar-refractivity contribution < 1.29 is 9.90 Å². The molecule has 78 valence electrons. The first-order chi connectivity index (χ1) is 6.72. The highest BCUT2D eigenvalue weighted by Gasteiger charge is 2.12. The Bertz CT molecular complexity index is 316. The van der Waals surface area contributed by atoms with Crippen LogP contribution in [0.2, 0.25) is 5.15 Å². The summed E-state index contributed by atoms with van der Waals surface area (Å²) in [6.45, 7) is 3.23. The van der Waals surface area contributed by atoms with Gasteiger partial charge in [-0.05, 0) is 6.92 Å². The molecule has 0 fully saturated rings. The maximum Gasteiger partial charge on any atom is 0.187 e. The lowest BCUT2D eigenvalue weighted by atomic mass is 10.5. The van der Waals surface area contributed by atoms with Crippen LogP contribution in [0.4, 0.5) is 5.13 Å². The summed E-state index contributed by atoms with van der Waals surface area (Å²) in [5, 5.41) is 9.70. The molecular formula is C8H11ClN2O2S. The molecule has 0 aliphatic rings. The molecule has 0 spiro atoms. The molecule has 0 atom stereocenters. The molecule has 0 aliphatic heterocycles. The van der Waals surface area contributed by atoms with E-state index in [-0.39, 0.29) is 11.8 Å². The van der Waals surface area contributed by atoms with E-state index in [0.29, 0.717) is 22.8 Å². The van der Waals surface area contributed by atoms with Crippen LogP contribution in [-0.4, -0.2) is 36.1 Å². The molecule has 1 aromatic heterocycles. The van der Waals surface area contributed by atoms with Crippen LogP contribution < -0.4 is 4.90 Å². The number of aliphatic hydroxyl groups is 1. The number of hydrogen-bond donors (Lipinski definition) is 1. The van der Waals surface area contributed by atoms with Gasteiger partial charge in [0, 0.05) is 13.1 Å². The Kier molecular flexibility index (Phi) is 4.31. The van der Waals surface area contributed by atoms with Crippen LogP contribution in [0, 0.1) is 0 Å². The number of carbonyl (C=O) groups is 1. The zero-order chi connectivity index (χ0) is 10.6. The fraction of sp³-hybridized carbons (Fsp3) is 0.500. The molecule has 4 nitrogen and oxygen atoms in total. The van der Waals surface area contributed by atoms with E-state index >= 15 is 0 Å². The lowest BCUT2D eigenvalue weighted by Gasteiger charge is -2.17. The second-order valence-electron chi connectivity index (χ2n) is 2.57. The third-order valence-corrected chi connectivity index (χ3v) is 3.17. The first-order valence-electron chi connectivity index (χ1n) is 4.20. The predicted octanol–water partition coefficient (Wildman–Crippen LogP) is 1.43. The van der Waals surface area contributed by atoms with Gasteiger partial charge < -0.3 is 10.0 Å². The Morgan fingerprint density at radius 1 is 1.71 bits per heavy atom. The molecule has 0 saturated heterocycles. The molecule has 0 saturated carbocycles. The number of aromatic nitrogens is 1. The highest BCUT2D eigenvalue weighted by atomic mass is 35.5. The minimum absolute atomic E-state index is 0.0570. The van der Waals surface area contributed by atoms with E-state index in [4.69, 9.17) is 16.7 Å². The second-order valence-corrected chi connectivity index (χ2v) is 3.94. The number of carbonyl (C=O) groups excluding carboxylic acids is 1. The first kappa shape index (κ1) is 11.4. The number of rotatable bonds is 5. The van der Waals surface area contributed by atoms with Crippen LogP contribution in [0.5, 0.6) is 0 Å². The zero-order valence-electron chi connectivity index (χ0n) is 7.73. The topological polar surface area (TPSA) is 53.4 Å². The minimum atomic E-state index is 0.0570. The van der Waals surface area contributed by atoms with Crippen molar-refractivity contribution in [1.29, 1.82) is 0 Å². The van der Waals surface area contributed by atoms with Crippen LogP contribution in [0.1, 0.15) is 16.6 Å². The summed E-state index contributed by atoms with van der Waals surface area (Å²) < 4.78 is 0. The Labute approximate surface area is 91.1 Å². The highest BCUT2D eigenvalue weighted by Crippen LogP contribution is 2.27. The lowest BCUT2D eigenvalue weighted by molar-refractivity contribution is 0.112. The summed E-state index contributed by atoms with van der Waals surface area (Å²) in [5.74, 6) is 0. The van der Waals surface area contributed by atoms with E-state index in [9.17, 15) is 4.79 Å². The van der Waals surface area contributed by atoms with Crippen LogP contribution in [0.25, 0.3) is 0 Å². The maximum atomic E-state index is 10.5. The molecule has 0 aromatic carbocycles. The van der Waals surface area contributed by atoms with Gasteiger partial charge in [0.05, 0.1) is 6.61 Å². The zero-order valence-corrected chi connectivity index (χ0v) is 9.31. The standard InChI is InChI=1S/C8H11ClN2O2S/c1-2-11(3-4-12)8-10-7(9)6(5-13)14-8/h5,12H,2-4H2,1H3. The number of likely N-dealkylation sites (N-methyl/N-ethyl adjacent to an activating group) is 1. The maximum absolute atomic E-state index is 10.5. The number of nitrogens with zero attached hydrogens (tertiary/aromatic N) is 2. The van der Waals surface area contributed by atoms with Crippen LogP contribution in [-0.2, 0) is 0 Å². The van der Waals surface area contributed by atoms with E-state index in [1.54, 1.807) is 0 Å². The smallest absolute Gasteiger partial charge is 0.187 e. The van der Waals surface area contributed by atoms with E-state index in [0.717, 1.165) is 6.54 Å². The normalized spacial score (nSPS) is 10.2. The summed E-state index contributed by atoms with van der Waals surface area (Å²) in [7, 11) is 0. The molecule has 0 bridgehead atoms. The van der Waals surface area contributed by atoms with Crippen molar-refractivity contribution in [3.63, 3.8) is 0 Å². The summed E-state index contributed by atoms with van der Waals surface area (Å²) in [5.41, 5.74) is 0. The summed E-state index contributed by atoms with van der Waals surface area (Å²) in [6.07, 6.45) is 0.691. The van der Waals surface area contributed by atoms with Crippen LogP contribution >= 0.6 is 22.9 Å². The average molecular weight is 235 g/mol. The van der Waals surface area contributed by atoms with Gasteiger partial charge in [-0.3, -0.25) is 4.79 Å². The molecule has 6 heteroatoms. The van der Waals surface area contributed by atoms with Crippen LogP contribution in [0.15, 0.2) is 0 Å². The van der Waals surface area contributed by atoms with Gasteiger partial charge >= 0.3 is 0 Å². The Hall–Kier alpha value is -0.650. The minimum Gasteiger partial charge on any atom is -0.395 e. The number of aldehydes is 1. The third-order valence-electron chi connectivity index (χ3n) is 1.73. The Balaban J connectivity index is 2.87. The Morgan fingerprint density at radius 2 is 2.43 bits per heavy atom. The van der Waals surface area contributed by atoms with Crippen molar-refractivity contribution in [3.8, 4) is 0 Å². The largest absolute Gasteiger partial charge is 0.395 e. The molecule has 1 aromatic rings. The number of hydrogen-bond acceptors (Lipinski definition) is 5. The lowest BCUT2D eigenvalue weighted by Crippen LogP contribution is -2.25. The quantitative estimate of drug-likeness (QED) is 0.784. The summed E-state index contributed by atoms with van der Waals surface area (Å²) in [4.78, 5) is 16.9. The SMILES string of the molecule is CCN(CCO)c1nc(Cl)c(C=O)s1. The molecule has 0 radical (unpaired) electrons. The van der Waals surface area contributed by atoms with E-state index in [1.165, 1.54) is 11.3 Å². The van der Waals surface area contributed by atoms with Crippen molar-refractivity contribution in [2.24, 2.45) is 0 Å². The Morgan fingerprint density at radius 3 is 2.86 bits per heavy atom. The van der Waals surface area contributed by atoms with Crippen molar-refractivity contribution in [2.45, 2.75) is 6.92 Å². The molecule has 14 heavy (non-hydrogen) atoms. The van der Waals surface area contributed by atoms with Gasteiger partial charge in [-0.1, -0.05) is 22.9 Å². The first-order valence-corrected chi connectivity index (χ1v) is 5.39. The van der Waals surface area contributed by atoms with Crippen molar-refractivity contribution in [2.75, 3.05) is 24.6 Å². The van der Waals surface area contributed by atoms with Gasteiger partial charge in [0.15, 0.2) is 16.6 Å². The van der Waals surface area contributed by atoms with Gasteiger partial charge in [0.2, 0.25) is 0 Å². The fourth-order valence-electron chi connectivity index (χ4n) is 1.02. The summed E-state index contributed by atoms with van der Waals surface area (Å²) in [6, 6.07) is 0. The van der Waals surface area contributed by atoms with Crippen molar-refractivity contribution in [1.82, 2.24) is 4.98 Å². The van der Waals surface area contributed by atoms with Gasteiger partial charge in [0.1, 0.15) is 4.88 Å². The average Bonchev–Trinajstić information content (AvgIpc) is 2.56. The van der Waals surface area contributed by atoms with Gasteiger partial charge in [-0.25, -0.2) is 4.98 Å². The molecule has 1 rings (SSSR count). The van der Waals surface area contributed by atoms with Crippen molar-refractivity contribution >= 4 is 34.4 Å². The fourth-order valence-corrected chi connectivity index (χ4v) is 2.17. The van der Waals surface area contributed by atoms with E-state index < -0.39 is 0 Å². The van der Waals surface area contributed by atoms with E-state index in [1.807, 2.05) is 11.8 Å². The molecule has 1 N–H and O–H groups in total. The van der Waals surface area contributed by atoms with E-state index in [2.05, 4.69) is 4.98 Å². The number of thiazole rings is 1. The molecular weight excluding hydrogens is 224 g/mol. The highest BCUT2D eigenvalue weighted by molar-refractivity contribution is 7.17. The molecule has 0 unspecified atom stereocenters. The summed E-state index contributed by atoms with van der Waals surface area (Å²) >= 11 is 6.96. The van der Waals surface area contributed by atoms with Crippen LogP contribution in [0.3, 0.4) is 0 Å². The number of halogens is 1. The second kappa shape index (κ2) is 5.29. The molecule has 1 heterocycles. The number of aliphatic hydroxyl groups excluding tert-OH is 1. The van der Waals surface area contributed by atoms with Gasteiger partial charge in [0.25, 0.3) is 0 Å².